The molecule has 2 heterocycles. The lowest BCUT2D eigenvalue weighted by molar-refractivity contribution is -0.147. The van der Waals surface area contributed by atoms with Crippen molar-refractivity contribution in [2.24, 2.45) is 47.3 Å². The first-order valence-electron chi connectivity index (χ1n) is 22.6. The first kappa shape index (κ1) is 46.7. The Kier molecular flexibility index (Phi) is 14.8. The summed E-state index contributed by atoms with van der Waals surface area (Å²) in [7, 11) is 7.99. The molecule has 64 heavy (non-hydrogen) atoms. The highest BCUT2D eigenvalue weighted by atomic mass is 35.5. The zero-order valence-electron chi connectivity index (χ0n) is 37.1. The van der Waals surface area contributed by atoms with Crippen molar-refractivity contribution in [3.8, 4) is 0 Å². The molecule has 4 saturated carbocycles. The van der Waals surface area contributed by atoms with Gasteiger partial charge in [0.2, 0.25) is 23.6 Å². The summed E-state index contributed by atoms with van der Waals surface area (Å²) in [6.45, 7) is 2.65. The van der Waals surface area contributed by atoms with Crippen LogP contribution in [0.15, 0.2) is 60.9 Å². The number of benzene rings is 2. The number of ether oxygens (including phenoxy) is 2. The summed E-state index contributed by atoms with van der Waals surface area (Å²) in [6, 6.07) is 14.9. The predicted molar refractivity (Wildman–Crippen MR) is 243 cm³/mol. The van der Waals surface area contributed by atoms with Gasteiger partial charge in [0.1, 0.15) is 12.2 Å². The van der Waals surface area contributed by atoms with Crippen LogP contribution in [0.2, 0.25) is 0 Å². The molecule has 4 amide bonds. The fourth-order valence-electron chi connectivity index (χ4n) is 11.3. The summed E-state index contributed by atoms with van der Waals surface area (Å²) in [5.41, 5.74) is 2.36. The molecule has 0 radical (unpaired) electrons. The van der Waals surface area contributed by atoms with E-state index in [4.69, 9.17) is 9.47 Å². The third-order valence-electron chi connectivity index (χ3n) is 14.1. The van der Waals surface area contributed by atoms with Crippen molar-refractivity contribution in [3.05, 3.63) is 72.1 Å². The molecule has 0 saturated heterocycles. The summed E-state index contributed by atoms with van der Waals surface area (Å²) >= 11 is 0. The van der Waals surface area contributed by atoms with Gasteiger partial charge in [0.05, 0.1) is 34.8 Å². The maximum Gasteiger partial charge on any atom is 0.340 e. The Bertz CT molecular complexity index is 2180. The van der Waals surface area contributed by atoms with Gasteiger partial charge in [0, 0.05) is 59.1 Å². The van der Waals surface area contributed by atoms with Crippen LogP contribution < -0.4 is 16.0 Å². The molecule has 2 aromatic heterocycles. The van der Waals surface area contributed by atoms with E-state index in [9.17, 15) is 28.8 Å². The number of imide groups is 1. The molecule has 5 N–H and O–H groups in total. The van der Waals surface area contributed by atoms with Crippen LogP contribution in [0, 0.1) is 47.3 Å². The summed E-state index contributed by atoms with van der Waals surface area (Å²) in [5, 5.41) is 10.3. The monoisotopic (exact) mass is 899 g/mol. The number of fused-ring (bicyclic) bond motifs is 6. The van der Waals surface area contributed by atoms with E-state index < -0.39 is 71.5 Å². The van der Waals surface area contributed by atoms with E-state index in [1.54, 1.807) is 12.4 Å². The van der Waals surface area contributed by atoms with Crippen LogP contribution in [0.25, 0.3) is 21.8 Å². The van der Waals surface area contributed by atoms with Gasteiger partial charge in [-0.2, -0.15) is 0 Å². The molecule has 16 heteroatoms. The second-order valence-corrected chi connectivity index (χ2v) is 18.7. The van der Waals surface area contributed by atoms with Crippen molar-refractivity contribution in [3.63, 3.8) is 0 Å². The Morgan fingerprint density at radius 1 is 0.562 bits per heavy atom. The second kappa shape index (κ2) is 20.3. The molecular formula is C48H62ClN7O8. The van der Waals surface area contributed by atoms with Crippen molar-refractivity contribution in [2.75, 3.05) is 54.4 Å². The Labute approximate surface area is 379 Å². The van der Waals surface area contributed by atoms with Gasteiger partial charge in [-0.3, -0.25) is 24.5 Å². The van der Waals surface area contributed by atoms with Crippen LogP contribution in [0.3, 0.4) is 0 Å². The number of amides is 4. The van der Waals surface area contributed by atoms with Crippen LogP contribution in [0.4, 0.5) is 0 Å². The first-order valence-corrected chi connectivity index (χ1v) is 22.6. The number of nitrogens with zero attached hydrogens (tertiary/aromatic N) is 2. The number of unbranched alkanes of at least 4 members (excludes halogenated alkanes) is 2. The highest BCUT2D eigenvalue weighted by Crippen LogP contribution is 2.56. The normalized spacial score (nSPS) is 26.6. The maximum absolute atomic E-state index is 14.7. The zero-order chi connectivity index (χ0) is 44.4. The minimum absolute atomic E-state index is 0. The number of para-hydroxylation sites is 2. The van der Waals surface area contributed by atoms with Crippen molar-refractivity contribution in [1.29, 1.82) is 0 Å². The second-order valence-electron chi connectivity index (χ2n) is 18.7. The standard InChI is InChI=1S/C48H61N7O8.ClH/c1-54(2)19-11-9-17-49-43(56)39-27-21-31(37(23-27)62-47(60)33-25-51-35-15-7-5-13-29(33)35)41(39)45(58)53-46(59)42-32-22-28(40(42)44(57)50-18-10-12-20-55(3)4)24-38(32)63-48(61)34-26-52-36-16-8-6-14-30(34)36;/h5-8,13-16,25-28,31-32,37-42,51-52H,9-12,17-24H2,1-4H3,(H,49,56)(H,50,57)(H,53,58,59);1H. The summed E-state index contributed by atoms with van der Waals surface area (Å²) in [4.78, 5) is 95.0. The highest BCUT2D eigenvalue weighted by molar-refractivity contribution is 6.05. The molecule has 15 nitrogen and oxygen atoms in total. The van der Waals surface area contributed by atoms with Gasteiger partial charge in [-0.15, -0.1) is 12.4 Å². The number of H-pyrrole nitrogens is 2. The number of hydrogen-bond donors (Lipinski definition) is 5. The number of aromatic amines is 2. The van der Waals surface area contributed by atoms with E-state index in [1.807, 2.05) is 76.7 Å². The minimum atomic E-state index is -0.951. The van der Waals surface area contributed by atoms with Crippen molar-refractivity contribution in [1.82, 2.24) is 35.7 Å². The maximum atomic E-state index is 14.7. The summed E-state index contributed by atoms with van der Waals surface area (Å²) < 4.78 is 12.3. The van der Waals surface area contributed by atoms with Gasteiger partial charge in [0.15, 0.2) is 0 Å². The number of nitrogens with one attached hydrogen (secondary N) is 5. The third kappa shape index (κ3) is 9.71. The van der Waals surface area contributed by atoms with Crippen LogP contribution >= 0.6 is 12.4 Å². The first-order chi connectivity index (χ1) is 30.4. The minimum Gasteiger partial charge on any atom is -0.458 e. The molecule has 4 aliphatic rings. The Morgan fingerprint density at radius 2 is 0.969 bits per heavy atom. The average Bonchev–Trinajstić information content (AvgIpc) is 4.12. The molecule has 2 aromatic carbocycles. The quantitative estimate of drug-likeness (QED) is 0.0520. The topological polar surface area (TPSA) is 195 Å². The summed E-state index contributed by atoms with van der Waals surface area (Å²) in [6.07, 6.45) is 7.05. The van der Waals surface area contributed by atoms with E-state index >= 15 is 0 Å². The highest BCUT2D eigenvalue weighted by Gasteiger charge is 2.62. The van der Waals surface area contributed by atoms with Crippen molar-refractivity contribution < 1.29 is 38.2 Å². The van der Waals surface area contributed by atoms with E-state index in [-0.39, 0.29) is 36.1 Å². The van der Waals surface area contributed by atoms with Gasteiger partial charge < -0.3 is 39.9 Å². The number of carbonyl (C=O) groups excluding carboxylic acids is 6. The molecule has 0 spiro atoms. The molecule has 4 bridgehead atoms. The molecule has 4 aliphatic carbocycles. The molecule has 10 atom stereocenters. The van der Waals surface area contributed by atoms with E-state index in [0.29, 0.717) is 49.9 Å². The van der Waals surface area contributed by atoms with Crippen molar-refractivity contribution >= 4 is 69.8 Å². The number of esters is 2. The lowest BCUT2D eigenvalue weighted by Gasteiger charge is -2.36. The van der Waals surface area contributed by atoms with Crippen LogP contribution in [-0.4, -0.2) is 122 Å². The zero-order valence-corrected chi connectivity index (χ0v) is 37.9. The van der Waals surface area contributed by atoms with Gasteiger partial charge in [-0.1, -0.05) is 36.4 Å². The molecule has 8 rings (SSSR count). The lowest BCUT2D eigenvalue weighted by atomic mass is 9.75. The van der Waals surface area contributed by atoms with Gasteiger partial charge in [-0.05, 0) is 117 Å². The lowest BCUT2D eigenvalue weighted by Crippen LogP contribution is -2.53. The average molecular weight is 901 g/mol. The number of halogens is 1. The van der Waals surface area contributed by atoms with Crippen LogP contribution in [0.5, 0.6) is 0 Å². The number of hydrogen-bond acceptors (Lipinski definition) is 10. The molecule has 0 aliphatic heterocycles. The Balaban J connectivity index is 0.00000612. The molecule has 4 aromatic rings. The fraction of sp³-hybridized carbons (Fsp3) is 0.542. The van der Waals surface area contributed by atoms with Gasteiger partial charge >= 0.3 is 11.9 Å². The fourth-order valence-corrected chi connectivity index (χ4v) is 11.3. The predicted octanol–water partition coefficient (Wildman–Crippen LogP) is 4.93. The smallest absolute Gasteiger partial charge is 0.340 e. The molecule has 344 valence electrons. The Hall–Kier alpha value is -5.25. The van der Waals surface area contributed by atoms with E-state index in [0.717, 1.165) is 60.6 Å². The Morgan fingerprint density at radius 3 is 1.38 bits per heavy atom. The van der Waals surface area contributed by atoms with E-state index in [2.05, 4.69) is 35.7 Å². The molecule has 4 fully saturated rings. The van der Waals surface area contributed by atoms with Gasteiger partial charge in [-0.25, -0.2) is 9.59 Å². The number of rotatable bonds is 18. The van der Waals surface area contributed by atoms with Crippen LogP contribution in [0.1, 0.15) is 72.1 Å². The number of aromatic nitrogens is 2. The SMILES string of the molecule is CN(C)CCCCNC(=O)C1C2CC(OC(=O)c3c[nH]c4ccccc34)C(C2)C1C(=O)NC(=O)C1C2CC(CC2OC(=O)c2c[nH]c3ccccc23)C1C(=O)NCCCCN(C)C.Cl. The summed E-state index contributed by atoms with van der Waals surface area (Å²) in [5.74, 6) is -7.65. The third-order valence-corrected chi connectivity index (χ3v) is 14.1. The van der Waals surface area contributed by atoms with Gasteiger partial charge in [0.25, 0.3) is 0 Å². The van der Waals surface area contributed by atoms with Crippen LogP contribution in [-0.2, 0) is 28.7 Å². The molecule has 10 unspecified atom stereocenters. The molecular weight excluding hydrogens is 838 g/mol. The number of carbonyl (C=O) groups is 6. The van der Waals surface area contributed by atoms with E-state index in [1.165, 1.54) is 0 Å². The largest absolute Gasteiger partial charge is 0.458 e. The van der Waals surface area contributed by atoms with Crippen molar-refractivity contribution in [2.45, 2.75) is 63.6 Å².